The van der Waals surface area contributed by atoms with Crippen molar-refractivity contribution in [2.75, 3.05) is 12.7 Å². The van der Waals surface area contributed by atoms with Crippen molar-refractivity contribution in [3.8, 4) is 0 Å². The fourth-order valence-electron chi connectivity index (χ4n) is 1.88. The molecule has 18 heavy (non-hydrogen) atoms. The lowest BCUT2D eigenvalue weighted by Gasteiger charge is -2.13. The first-order chi connectivity index (χ1) is 8.40. The molecule has 6 nitrogen and oxygen atoms in total. The molecule has 7 heteroatoms. The van der Waals surface area contributed by atoms with E-state index in [1.165, 1.54) is 0 Å². The lowest BCUT2D eigenvalue weighted by Crippen LogP contribution is -2.31. The minimum atomic E-state index is -4.08. The molecule has 1 heterocycles. The number of amides is 2. The second-order valence-electron chi connectivity index (χ2n) is 4.05. The maximum absolute atomic E-state index is 11.9. The Labute approximate surface area is 103 Å². The quantitative estimate of drug-likeness (QED) is 0.624. The molecule has 1 aromatic carbocycles. The summed E-state index contributed by atoms with van der Waals surface area (Å²) in [6.07, 6.45) is -0.240. The van der Waals surface area contributed by atoms with Crippen molar-refractivity contribution in [3.05, 3.63) is 35.4 Å². The highest BCUT2D eigenvalue weighted by atomic mass is 31.2. The summed E-state index contributed by atoms with van der Waals surface area (Å²) < 4.78 is 10.7. The van der Waals surface area contributed by atoms with Gasteiger partial charge >= 0.3 is 7.60 Å². The maximum atomic E-state index is 11.9. The first-order valence-corrected chi connectivity index (χ1v) is 7.20. The zero-order chi connectivity index (χ0) is 13.3. The predicted molar refractivity (Wildman–Crippen MR) is 63.3 cm³/mol. The number of carbonyl (C=O) groups is 2. The summed E-state index contributed by atoms with van der Waals surface area (Å²) in [5.41, 5.74) is 0.692. The van der Waals surface area contributed by atoms with Gasteiger partial charge in [0.25, 0.3) is 11.8 Å². The Bertz CT molecular complexity index is 515. The molecule has 2 N–H and O–H groups in total. The summed E-state index contributed by atoms with van der Waals surface area (Å²) in [6, 6.07) is 6.48. The van der Waals surface area contributed by atoms with Crippen LogP contribution in [-0.2, 0) is 4.57 Å². The van der Waals surface area contributed by atoms with E-state index in [-0.39, 0.29) is 19.1 Å². The van der Waals surface area contributed by atoms with E-state index in [0.29, 0.717) is 11.1 Å². The number of fused-ring (bicyclic) bond motifs is 1. The predicted octanol–water partition coefficient (Wildman–Crippen LogP) is 0.850. The number of imide groups is 1. The van der Waals surface area contributed by atoms with E-state index in [2.05, 4.69) is 0 Å². The standard InChI is InChI=1S/C11H12NO5P/c13-10-8-4-1-2-5-9(8)11(14)12(10)6-3-7-18(15,16)17/h1-2,4-5H,3,6-7H2,(H2,15,16,17). The number of hydrogen-bond acceptors (Lipinski definition) is 3. The minimum Gasteiger partial charge on any atom is -0.324 e. The largest absolute Gasteiger partial charge is 0.325 e. The third kappa shape index (κ3) is 2.51. The molecule has 0 aliphatic carbocycles. The van der Waals surface area contributed by atoms with Crippen LogP contribution in [0.4, 0.5) is 0 Å². The van der Waals surface area contributed by atoms with Gasteiger partial charge in [0.15, 0.2) is 0 Å². The van der Waals surface area contributed by atoms with Crippen LogP contribution in [0.25, 0.3) is 0 Å². The van der Waals surface area contributed by atoms with Crippen molar-refractivity contribution in [1.82, 2.24) is 4.90 Å². The first kappa shape index (κ1) is 13.0. The molecule has 0 radical (unpaired) electrons. The van der Waals surface area contributed by atoms with E-state index in [9.17, 15) is 14.2 Å². The van der Waals surface area contributed by atoms with Gasteiger partial charge < -0.3 is 9.79 Å². The smallest absolute Gasteiger partial charge is 0.324 e. The summed E-state index contributed by atoms with van der Waals surface area (Å²) in [5, 5.41) is 0. The van der Waals surface area contributed by atoms with Crippen LogP contribution in [0.2, 0.25) is 0 Å². The average Bonchev–Trinajstić information content (AvgIpc) is 2.53. The molecule has 0 saturated carbocycles. The Kier molecular flexibility index (Phi) is 3.34. The third-order valence-electron chi connectivity index (χ3n) is 2.71. The molecule has 2 rings (SSSR count). The van der Waals surface area contributed by atoms with Gasteiger partial charge in [0.1, 0.15) is 0 Å². The van der Waals surface area contributed by atoms with Gasteiger partial charge in [0.05, 0.1) is 17.3 Å². The van der Waals surface area contributed by atoms with E-state index < -0.39 is 19.4 Å². The monoisotopic (exact) mass is 269 g/mol. The van der Waals surface area contributed by atoms with E-state index in [0.717, 1.165) is 4.90 Å². The zero-order valence-electron chi connectivity index (χ0n) is 9.44. The molecular weight excluding hydrogens is 257 g/mol. The summed E-state index contributed by atoms with van der Waals surface area (Å²) in [5.74, 6) is -0.803. The van der Waals surface area contributed by atoms with Crippen LogP contribution in [0, 0.1) is 0 Å². The number of benzene rings is 1. The molecule has 0 bridgehead atoms. The number of hydrogen-bond donors (Lipinski definition) is 2. The second-order valence-corrected chi connectivity index (χ2v) is 5.83. The van der Waals surface area contributed by atoms with E-state index in [1.54, 1.807) is 24.3 Å². The Hall–Kier alpha value is -1.49. The lowest BCUT2D eigenvalue weighted by atomic mass is 10.1. The van der Waals surface area contributed by atoms with Crippen molar-refractivity contribution in [3.63, 3.8) is 0 Å². The van der Waals surface area contributed by atoms with Crippen LogP contribution >= 0.6 is 7.60 Å². The van der Waals surface area contributed by atoms with Crippen molar-refractivity contribution in [1.29, 1.82) is 0 Å². The Morgan fingerprint density at radius 2 is 1.56 bits per heavy atom. The molecule has 96 valence electrons. The van der Waals surface area contributed by atoms with Crippen LogP contribution in [0.15, 0.2) is 24.3 Å². The van der Waals surface area contributed by atoms with Crippen LogP contribution < -0.4 is 0 Å². The van der Waals surface area contributed by atoms with E-state index >= 15 is 0 Å². The average molecular weight is 269 g/mol. The molecule has 1 aliphatic rings. The highest BCUT2D eigenvalue weighted by Crippen LogP contribution is 2.35. The van der Waals surface area contributed by atoms with Crippen molar-refractivity contribution in [2.24, 2.45) is 0 Å². The normalized spacial score (nSPS) is 15.1. The lowest BCUT2D eigenvalue weighted by molar-refractivity contribution is 0.0653. The molecule has 1 aromatic rings. The van der Waals surface area contributed by atoms with Crippen molar-refractivity contribution >= 4 is 19.4 Å². The fourth-order valence-corrected chi connectivity index (χ4v) is 2.43. The van der Waals surface area contributed by atoms with Gasteiger partial charge in [-0.3, -0.25) is 19.1 Å². The molecule has 0 aromatic heterocycles. The highest BCUT2D eigenvalue weighted by molar-refractivity contribution is 7.51. The summed E-state index contributed by atoms with van der Waals surface area (Å²) in [7, 11) is -4.08. The molecule has 0 atom stereocenters. The van der Waals surface area contributed by atoms with Crippen molar-refractivity contribution < 1.29 is 23.9 Å². The van der Waals surface area contributed by atoms with Crippen LogP contribution in [0.5, 0.6) is 0 Å². The fraction of sp³-hybridized carbons (Fsp3) is 0.273. The van der Waals surface area contributed by atoms with Crippen LogP contribution in [0.1, 0.15) is 27.1 Å². The molecular formula is C11H12NO5P. The summed E-state index contributed by atoms with van der Waals surface area (Å²) in [4.78, 5) is 42.2. The van der Waals surface area contributed by atoms with Crippen molar-refractivity contribution in [2.45, 2.75) is 6.42 Å². The topological polar surface area (TPSA) is 94.9 Å². The molecule has 0 saturated heterocycles. The van der Waals surface area contributed by atoms with Gasteiger partial charge in [-0.1, -0.05) is 12.1 Å². The second kappa shape index (κ2) is 4.65. The number of rotatable bonds is 4. The van der Waals surface area contributed by atoms with Gasteiger partial charge in [0, 0.05) is 6.54 Å². The number of carbonyl (C=O) groups excluding carboxylic acids is 2. The minimum absolute atomic E-state index is 0.0253. The highest BCUT2D eigenvalue weighted by Gasteiger charge is 2.34. The molecule has 2 amide bonds. The van der Waals surface area contributed by atoms with E-state index in [1.807, 2.05) is 0 Å². The van der Waals surface area contributed by atoms with Crippen LogP contribution in [0.3, 0.4) is 0 Å². The van der Waals surface area contributed by atoms with Crippen LogP contribution in [-0.4, -0.2) is 39.2 Å². The molecule has 0 spiro atoms. The Balaban J connectivity index is 2.07. The maximum Gasteiger partial charge on any atom is 0.325 e. The molecule has 0 fully saturated rings. The number of nitrogens with zero attached hydrogens (tertiary/aromatic N) is 1. The summed E-state index contributed by atoms with van der Waals surface area (Å²) in [6.45, 7) is 0.0253. The van der Waals surface area contributed by atoms with Gasteiger partial charge in [-0.15, -0.1) is 0 Å². The summed E-state index contributed by atoms with van der Waals surface area (Å²) >= 11 is 0. The Morgan fingerprint density at radius 3 is 2.00 bits per heavy atom. The molecule has 0 unspecified atom stereocenters. The van der Waals surface area contributed by atoms with E-state index in [4.69, 9.17) is 9.79 Å². The zero-order valence-corrected chi connectivity index (χ0v) is 10.3. The third-order valence-corrected chi connectivity index (χ3v) is 3.61. The SMILES string of the molecule is O=C1c2ccccc2C(=O)N1CCCP(=O)(O)O. The van der Waals surface area contributed by atoms with Gasteiger partial charge in [-0.25, -0.2) is 0 Å². The first-order valence-electron chi connectivity index (χ1n) is 5.40. The van der Waals surface area contributed by atoms with Gasteiger partial charge in [-0.05, 0) is 18.6 Å². The van der Waals surface area contributed by atoms with Gasteiger partial charge in [-0.2, -0.15) is 0 Å². The molecule has 1 aliphatic heterocycles. The Morgan fingerprint density at radius 1 is 1.06 bits per heavy atom. The van der Waals surface area contributed by atoms with Gasteiger partial charge in [0.2, 0.25) is 0 Å².